The summed E-state index contributed by atoms with van der Waals surface area (Å²) in [6.07, 6.45) is 5.63. The zero-order valence-electron chi connectivity index (χ0n) is 18.3. The first-order chi connectivity index (χ1) is 13.7. The predicted molar refractivity (Wildman–Crippen MR) is 116 cm³/mol. The summed E-state index contributed by atoms with van der Waals surface area (Å²) in [6.45, 7) is 13.6. The van der Waals surface area contributed by atoms with Gasteiger partial charge in [-0.2, -0.15) is 0 Å². The molecule has 0 amide bonds. The Morgan fingerprint density at radius 2 is 2.03 bits per heavy atom. The third-order valence-electron chi connectivity index (χ3n) is 6.66. The standard InChI is InChI=1S/C25H36O4/c1-6-29-23(26)13-12-22-24(5,20(4)14-15-25(22,27)19(2)3)16-17-28-18-21-10-8-7-9-11-21/h7-13,20,22,27H,2,6,14-18H2,1,3-5H3/b13-12+/t20-,22+,24+,25+/m0/s1. The molecule has 2 rings (SSSR count). The summed E-state index contributed by atoms with van der Waals surface area (Å²) in [4.78, 5) is 11.9. The van der Waals surface area contributed by atoms with E-state index in [0.29, 0.717) is 32.2 Å². The van der Waals surface area contributed by atoms with Gasteiger partial charge in [0.1, 0.15) is 0 Å². The minimum absolute atomic E-state index is 0.231. The first-order valence-electron chi connectivity index (χ1n) is 10.6. The van der Waals surface area contributed by atoms with E-state index in [0.717, 1.165) is 24.0 Å². The van der Waals surface area contributed by atoms with Gasteiger partial charge in [0.15, 0.2) is 0 Å². The van der Waals surface area contributed by atoms with E-state index >= 15 is 0 Å². The second-order valence-corrected chi connectivity index (χ2v) is 8.53. The summed E-state index contributed by atoms with van der Waals surface area (Å²) < 4.78 is 11.0. The Morgan fingerprint density at radius 1 is 1.34 bits per heavy atom. The summed E-state index contributed by atoms with van der Waals surface area (Å²) in [5, 5.41) is 11.5. The van der Waals surface area contributed by atoms with Gasteiger partial charge in [0, 0.05) is 18.6 Å². The molecule has 0 unspecified atom stereocenters. The highest BCUT2D eigenvalue weighted by Crippen LogP contribution is 2.54. The molecule has 0 spiro atoms. The van der Waals surface area contributed by atoms with Crippen molar-refractivity contribution in [3.8, 4) is 0 Å². The highest BCUT2D eigenvalue weighted by Gasteiger charge is 2.52. The zero-order valence-corrected chi connectivity index (χ0v) is 18.3. The number of carbonyl (C=O) groups excluding carboxylic acids is 1. The quantitative estimate of drug-likeness (QED) is 0.272. The van der Waals surface area contributed by atoms with Crippen molar-refractivity contribution in [3.63, 3.8) is 0 Å². The Balaban J connectivity index is 2.17. The second kappa shape index (κ2) is 10.2. The van der Waals surface area contributed by atoms with Gasteiger partial charge in [-0.1, -0.05) is 56.8 Å². The first kappa shape index (κ1) is 23.4. The van der Waals surface area contributed by atoms with Crippen molar-refractivity contribution in [3.05, 3.63) is 60.2 Å². The van der Waals surface area contributed by atoms with Gasteiger partial charge in [0.2, 0.25) is 0 Å². The number of ether oxygens (including phenoxy) is 2. The number of carbonyl (C=O) groups is 1. The highest BCUT2D eigenvalue weighted by molar-refractivity contribution is 5.82. The lowest BCUT2D eigenvalue weighted by Gasteiger charge is -2.54. The van der Waals surface area contributed by atoms with Gasteiger partial charge in [-0.05, 0) is 55.6 Å². The fourth-order valence-corrected chi connectivity index (χ4v) is 4.46. The molecule has 4 nitrogen and oxygen atoms in total. The lowest BCUT2D eigenvalue weighted by atomic mass is 9.53. The van der Waals surface area contributed by atoms with E-state index in [1.165, 1.54) is 6.08 Å². The maximum Gasteiger partial charge on any atom is 0.330 e. The summed E-state index contributed by atoms with van der Waals surface area (Å²) >= 11 is 0. The fourth-order valence-electron chi connectivity index (χ4n) is 4.46. The van der Waals surface area contributed by atoms with Gasteiger partial charge in [-0.25, -0.2) is 4.79 Å². The summed E-state index contributed by atoms with van der Waals surface area (Å²) in [7, 11) is 0. The molecule has 0 radical (unpaired) electrons. The van der Waals surface area contributed by atoms with Crippen molar-refractivity contribution < 1.29 is 19.4 Å². The average molecular weight is 401 g/mol. The van der Waals surface area contributed by atoms with Crippen molar-refractivity contribution in [2.24, 2.45) is 17.3 Å². The molecule has 1 aromatic rings. The minimum Gasteiger partial charge on any atom is -0.463 e. The molecule has 1 aromatic carbocycles. The lowest BCUT2D eigenvalue weighted by Crippen LogP contribution is -2.53. The maximum atomic E-state index is 11.9. The number of esters is 1. The molecule has 0 heterocycles. The number of aliphatic hydroxyl groups is 1. The average Bonchev–Trinajstić information content (AvgIpc) is 2.69. The van der Waals surface area contributed by atoms with Crippen LogP contribution in [0, 0.1) is 17.3 Å². The highest BCUT2D eigenvalue weighted by atomic mass is 16.5. The van der Waals surface area contributed by atoms with Crippen molar-refractivity contribution in [1.82, 2.24) is 0 Å². The van der Waals surface area contributed by atoms with Gasteiger partial charge in [0.05, 0.1) is 18.8 Å². The fraction of sp³-hybridized carbons (Fsp3) is 0.560. The molecule has 1 fully saturated rings. The summed E-state index contributed by atoms with van der Waals surface area (Å²) in [6, 6.07) is 10.1. The third-order valence-corrected chi connectivity index (χ3v) is 6.66. The van der Waals surface area contributed by atoms with Crippen molar-refractivity contribution >= 4 is 5.97 Å². The molecular formula is C25H36O4. The monoisotopic (exact) mass is 400 g/mol. The van der Waals surface area contributed by atoms with Crippen molar-refractivity contribution in [1.29, 1.82) is 0 Å². The van der Waals surface area contributed by atoms with Crippen molar-refractivity contribution in [2.45, 2.75) is 59.2 Å². The van der Waals surface area contributed by atoms with Crippen LogP contribution in [0.5, 0.6) is 0 Å². The normalized spacial score (nSPS) is 29.7. The molecule has 0 aromatic heterocycles. The summed E-state index contributed by atoms with van der Waals surface area (Å²) in [5.41, 5.74) is 0.612. The third kappa shape index (κ3) is 5.58. The first-order valence-corrected chi connectivity index (χ1v) is 10.6. The summed E-state index contributed by atoms with van der Waals surface area (Å²) in [5.74, 6) is -0.238. The molecule has 4 atom stereocenters. The van der Waals surface area contributed by atoms with Gasteiger partial charge in [-0.15, -0.1) is 0 Å². The molecule has 0 bridgehead atoms. The molecule has 29 heavy (non-hydrogen) atoms. The van der Waals surface area contributed by atoms with Crippen LogP contribution in [-0.4, -0.2) is 29.9 Å². The van der Waals surface area contributed by atoms with Crippen LogP contribution in [0.2, 0.25) is 0 Å². The van der Waals surface area contributed by atoms with Crippen LogP contribution < -0.4 is 0 Å². The number of hydrogen-bond donors (Lipinski definition) is 1. The minimum atomic E-state index is -1.04. The van der Waals surface area contributed by atoms with E-state index < -0.39 is 5.60 Å². The molecule has 1 N–H and O–H groups in total. The Morgan fingerprint density at radius 3 is 2.66 bits per heavy atom. The van der Waals surface area contributed by atoms with E-state index in [9.17, 15) is 9.90 Å². The van der Waals surface area contributed by atoms with E-state index in [1.54, 1.807) is 6.92 Å². The number of benzene rings is 1. The van der Waals surface area contributed by atoms with E-state index in [-0.39, 0.29) is 17.3 Å². The molecule has 1 saturated carbocycles. The Labute approximate surface area is 175 Å². The topological polar surface area (TPSA) is 55.8 Å². The van der Waals surface area contributed by atoms with Crippen LogP contribution in [0.15, 0.2) is 54.6 Å². The second-order valence-electron chi connectivity index (χ2n) is 8.53. The molecule has 0 aliphatic heterocycles. The van der Waals surface area contributed by atoms with Crippen molar-refractivity contribution in [2.75, 3.05) is 13.2 Å². The SMILES string of the molecule is C=C(C)[C@]1(O)CC[C@H](C)[C@@](C)(CCOCc2ccccc2)[C@H]1/C=C/C(=O)OCC. The Hall–Kier alpha value is -1.91. The molecule has 1 aliphatic rings. The van der Waals surface area contributed by atoms with E-state index in [4.69, 9.17) is 9.47 Å². The van der Waals surface area contributed by atoms with Gasteiger partial charge in [0.25, 0.3) is 0 Å². The number of hydrogen-bond acceptors (Lipinski definition) is 4. The van der Waals surface area contributed by atoms with Gasteiger partial charge in [-0.3, -0.25) is 0 Å². The number of rotatable bonds is 9. The van der Waals surface area contributed by atoms with Gasteiger partial charge < -0.3 is 14.6 Å². The van der Waals surface area contributed by atoms with Crippen LogP contribution in [0.25, 0.3) is 0 Å². The smallest absolute Gasteiger partial charge is 0.330 e. The molecular weight excluding hydrogens is 364 g/mol. The molecule has 0 saturated heterocycles. The van der Waals surface area contributed by atoms with E-state index in [1.807, 2.05) is 31.2 Å². The molecule has 1 aliphatic carbocycles. The maximum absolute atomic E-state index is 11.9. The largest absolute Gasteiger partial charge is 0.463 e. The zero-order chi connectivity index (χ0) is 21.5. The van der Waals surface area contributed by atoms with Crippen LogP contribution in [-0.2, 0) is 20.9 Å². The van der Waals surface area contributed by atoms with Crippen LogP contribution in [0.3, 0.4) is 0 Å². The van der Waals surface area contributed by atoms with Gasteiger partial charge >= 0.3 is 5.97 Å². The molecule has 160 valence electrons. The lowest BCUT2D eigenvalue weighted by molar-refractivity contribution is -0.137. The van der Waals surface area contributed by atoms with Crippen LogP contribution in [0.4, 0.5) is 0 Å². The predicted octanol–water partition coefficient (Wildman–Crippen LogP) is 5.07. The Bertz CT molecular complexity index is 711. The van der Waals surface area contributed by atoms with Crippen LogP contribution in [0.1, 0.15) is 52.5 Å². The molecule has 4 heteroatoms. The van der Waals surface area contributed by atoms with E-state index in [2.05, 4.69) is 32.6 Å². The van der Waals surface area contributed by atoms with Crippen LogP contribution >= 0.6 is 0 Å². The Kier molecular flexibility index (Phi) is 8.23.